The molecule has 1 amide bonds. The number of aromatic nitrogens is 3. The number of carbonyl (C=O) groups is 1. The van der Waals surface area contributed by atoms with E-state index in [0.717, 1.165) is 12.0 Å². The highest BCUT2D eigenvalue weighted by molar-refractivity contribution is 5.90. The lowest BCUT2D eigenvalue weighted by atomic mass is 10.3. The van der Waals surface area contributed by atoms with Crippen molar-refractivity contribution in [3.05, 3.63) is 23.8 Å². The Morgan fingerprint density at radius 3 is 2.86 bits per heavy atom. The van der Waals surface area contributed by atoms with Crippen LogP contribution in [0.4, 0.5) is 0 Å². The Labute approximate surface area is 82.6 Å². The van der Waals surface area contributed by atoms with Gasteiger partial charge in [-0.2, -0.15) is 0 Å². The van der Waals surface area contributed by atoms with Gasteiger partial charge in [0.2, 0.25) is 5.82 Å². The average Bonchev–Trinajstić information content (AvgIpc) is 2.62. The molecule has 1 rings (SSSR count). The van der Waals surface area contributed by atoms with E-state index in [-0.39, 0.29) is 11.7 Å². The number of carbonyl (C=O) groups excluding carboxylic acids is 1. The highest BCUT2D eigenvalue weighted by Crippen LogP contribution is 1.93. The van der Waals surface area contributed by atoms with Crippen LogP contribution < -0.4 is 5.32 Å². The van der Waals surface area contributed by atoms with Crippen molar-refractivity contribution in [1.82, 2.24) is 20.5 Å². The van der Waals surface area contributed by atoms with Crippen LogP contribution in [0.15, 0.2) is 12.2 Å². The van der Waals surface area contributed by atoms with Crippen molar-refractivity contribution in [3.8, 4) is 0 Å². The Morgan fingerprint density at radius 2 is 2.36 bits per heavy atom. The summed E-state index contributed by atoms with van der Waals surface area (Å²) in [5.74, 6) is 0.623. The number of nitrogens with zero attached hydrogens (tertiary/aromatic N) is 2. The lowest BCUT2D eigenvalue weighted by Gasteiger charge is -1.99. The monoisotopic (exact) mass is 194 g/mol. The minimum Gasteiger partial charge on any atom is -0.346 e. The molecule has 0 bridgehead atoms. The summed E-state index contributed by atoms with van der Waals surface area (Å²) in [6.07, 6.45) is 0.737. The Balaban J connectivity index is 2.56. The number of aryl methyl sites for hydroxylation is 1. The molecule has 14 heavy (non-hydrogen) atoms. The van der Waals surface area contributed by atoms with Crippen molar-refractivity contribution in [1.29, 1.82) is 0 Å². The SMILES string of the molecule is C=C(C)CNC(=O)c1n[nH]c(CC)n1. The second-order valence-electron chi connectivity index (χ2n) is 3.10. The van der Waals surface area contributed by atoms with Gasteiger partial charge >= 0.3 is 0 Å². The van der Waals surface area contributed by atoms with Crippen LogP contribution in [0.2, 0.25) is 0 Å². The molecule has 0 fully saturated rings. The average molecular weight is 194 g/mol. The first-order valence-electron chi connectivity index (χ1n) is 4.47. The molecule has 76 valence electrons. The molecule has 0 aliphatic heterocycles. The van der Waals surface area contributed by atoms with Gasteiger partial charge in [0.15, 0.2) is 0 Å². The maximum Gasteiger partial charge on any atom is 0.291 e. The number of rotatable bonds is 4. The number of H-pyrrole nitrogens is 1. The van der Waals surface area contributed by atoms with Crippen LogP contribution in [0.25, 0.3) is 0 Å². The molecule has 2 N–H and O–H groups in total. The van der Waals surface area contributed by atoms with E-state index < -0.39 is 0 Å². The van der Waals surface area contributed by atoms with Crippen LogP contribution in [0.1, 0.15) is 30.3 Å². The van der Waals surface area contributed by atoms with E-state index in [1.165, 1.54) is 0 Å². The third kappa shape index (κ3) is 2.69. The van der Waals surface area contributed by atoms with Gasteiger partial charge in [-0.25, -0.2) is 4.98 Å². The van der Waals surface area contributed by atoms with Crippen molar-refractivity contribution in [3.63, 3.8) is 0 Å². The number of amides is 1. The van der Waals surface area contributed by atoms with Crippen LogP contribution in [0.3, 0.4) is 0 Å². The molecule has 0 saturated heterocycles. The van der Waals surface area contributed by atoms with Crippen molar-refractivity contribution in [2.45, 2.75) is 20.3 Å². The second-order valence-corrected chi connectivity index (χ2v) is 3.10. The van der Waals surface area contributed by atoms with E-state index >= 15 is 0 Å². The lowest BCUT2D eigenvalue weighted by molar-refractivity contribution is 0.0947. The minimum atomic E-state index is -0.274. The maximum absolute atomic E-state index is 11.4. The zero-order valence-electron chi connectivity index (χ0n) is 8.42. The summed E-state index contributed by atoms with van der Waals surface area (Å²) in [5, 5.41) is 9.12. The fourth-order valence-electron chi connectivity index (χ4n) is 0.865. The maximum atomic E-state index is 11.4. The first-order valence-corrected chi connectivity index (χ1v) is 4.47. The zero-order valence-corrected chi connectivity index (χ0v) is 8.42. The van der Waals surface area contributed by atoms with Gasteiger partial charge in [-0.05, 0) is 6.92 Å². The van der Waals surface area contributed by atoms with Crippen molar-refractivity contribution in [2.75, 3.05) is 6.54 Å². The van der Waals surface area contributed by atoms with E-state index in [4.69, 9.17) is 0 Å². The Hall–Kier alpha value is -1.65. The molecule has 0 atom stereocenters. The van der Waals surface area contributed by atoms with Gasteiger partial charge in [0.05, 0.1) is 0 Å². The topological polar surface area (TPSA) is 70.7 Å². The van der Waals surface area contributed by atoms with Crippen LogP contribution in [-0.2, 0) is 6.42 Å². The summed E-state index contributed by atoms with van der Waals surface area (Å²) in [7, 11) is 0. The normalized spacial score (nSPS) is 9.86. The summed E-state index contributed by atoms with van der Waals surface area (Å²) in [5.41, 5.74) is 0.893. The highest BCUT2D eigenvalue weighted by atomic mass is 16.2. The fourth-order valence-corrected chi connectivity index (χ4v) is 0.865. The second kappa shape index (κ2) is 4.55. The first kappa shape index (κ1) is 10.4. The molecule has 0 unspecified atom stereocenters. The molecule has 1 aromatic heterocycles. The molecular formula is C9H14N4O. The predicted molar refractivity (Wildman–Crippen MR) is 52.9 cm³/mol. The minimum absolute atomic E-state index is 0.183. The molecule has 1 heterocycles. The number of hydrogen-bond donors (Lipinski definition) is 2. The molecule has 0 aromatic carbocycles. The Kier molecular flexibility index (Phi) is 3.39. The molecule has 0 radical (unpaired) electrons. The van der Waals surface area contributed by atoms with Gasteiger partial charge in [-0.1, -0.05) is 19.1 Å². The summed E-state index contributed by atoms with van der Waals surface area (Å²) in [6, 6.07) is 0. The highest BCUT2D eigenvalue weighted by Gasteiger charge is 2.10. The Bertz CT molecular complexity index is 342. The van der Waals surface area contributed by atoms with Gasteiger partial charge in [0.1, 0.15) is 5.82 Å². The standard InChI is InChI=1S/C9H14N4O/c1-4-7-11-8(13-12-7)9(14)10-5-6(2)3/h2,4-5H2,1,3H3,(H,10,14)(H,11,12,13). The van der Waals surface area contributed by atoms with Crippen LogP contribution in [0.5, 0.6) is 0 Å². The zero-order chi connectivity index (χ0) is 10.6. The third-order valence-electron chi connectivity index (χ3n) is 1.62. The molecular weight excluding hydrogens is 180 g/mol. The summed E-state index contributed by atoms with van der Waals surface area (Å²) in [6.45, 7) is 7.92. The van der Waals surface area contributed by atoms with E-state index in [2.05, 4.69) is 27.1 Å². The molecule has 0 spiro atoms. The van der Waals surface area contributed by atoms with Crippen molar-refractivity contribution < 1.29 is 4.79 Å². The van der Waals surface area contributed by atoms with Gasteiger partial charge in [0.25, 0.3) is 5.91 Å². The number of aromatic amines is 1. The lowest BCUT2D eigenvalue weighted by Crippen LogP contribution is -2.25. The van der Waals surface area contributed by atoms with Crippen molar-refractivity contribution in [2.24, 2.45) is 0 Å². The summed E-state index contributed by atoms with van der Waals surface area (Å²) in [4.78, 5) is 15.4. The molecule has 0 saturated carbocycles. The van der Waals surface area contributed by atoms with E-state index in [0.29, 0.717) is 12.4 Å². The number of hydrogen-bond acceptors (Lipinski definition) is 3. The smallest absolute Gasteiger partial charge is 0.291 e. The predicted octanol–water partition coefficient (Wildman–Crippen LogP) is 0.673. The molecule has 5 heteroatoms. The van der Waals surface area contributed by atoms with Crippen LogP contribution in [-0.4, -0.2) is 27.6 Å². The van der Waals surface area contributed by atoms with Crippen LogP contribution >= 0.6 is 0 Å². The fraction of sp³-hybridized carbons (Fsp3) is 0.444. The van der Waals surface area contributed by atoms with Gasteiger partial charge in [0, 0.05) is 13.0 Å². The van der Waals surface area contributed by atoms with Crippen molar-refractivity contribution >= 4 is 5.91 Å². The molecule has 1 aromatic rings. The quantitative estimate of drug-likeness (QED) is 0.692. The Morgan fingerprint density at radius 1 is 1.64 bits per heavy atom. The molecule has 0 aliphatic carbocycles. The van der Waals surface area contributed by atoms with E-state index in [9.17, 15) is 4.79 Å². The van der Waals surface area contributed by atoms with Crippen LogP contribution in [0, 0.1) is 0 Å². The van der Waals surface area contributed by atoms with Gasteiger partial charge < -0.3 is 5.32 Å². The summed E-state index contributed by atoms with van der Waals surface area (Å²) >= 11 is 0. The summed E-state index contributed by atoms with van der Waals surface area (Å²) < 4.78 is 0. The molecule has 5 nitrogen and oxygen atoms in total. The number of nitrogens with one attached hydrogen (secondary N) is 2. The first-order chi connectivity index (χ1) is 6.63. The van der Waals surface area contributed by atoms with Gasteiger partial charge in [-0.3, -0.25) is 9.89 Å². The van der Waals surface area contributed by atoms with E-state index in [1.807, 2.05) is 13.8 Å². The molecule has 0 aliphatic rings. The third-order valence-corrected chi connectivity index (χ3v) is 1.62. The van der Waals surface area contributed by atoms with E-state index in [1.54, 1.807) is 0 Å². The largest absolute Gasteiger partial charge is 0.346 e. The van der Waals surface area contributed by atoms with Gasteiger partial charge in [-0.15, -0.1) is 5.10 Å².